The molecule has 0 atom stereocenters. The number of carbonyl (C=O) groups is 2. The average molecular weight is 456 g/mol. The Morgan fingerprint density at radius 1 is 0.912 bits per heavy atom. The molecule has 0 radical (unpaired) electrons. The van der Waals surface area contributed by atoms with Crippen LogP contribution >= 0.6 is 0 Å². The summed E-state index contributed by atoms with van der Waals surface area (Å²) in [6.45, 7) is 3.59. The van der Waals surface area contributed by atoms with Gasteiger partial charge in [-0.1, -0.05) is 42.5 Å². The molecule has 0 aromatic heterocycles. The summed E-state index contributed by atoms with van der Waals surface area (Å²) in [4.78, 5) is 25.1. The van der Waals surface area contributed by atoms with Crippen LogP contribution in [0.4, 0.5) is 11.4 Å². The fourth-order valence-electron chi connectivity index (χ4n) is 3.19. The molecule has 0 aliphatic rings. The first-order valence-corrected chi connectivity index (χ1v) is 10.6. The number of rotatable bonds is 8. The van der Waals surface area contributed by atoms with E-state index in [2.05, 4.69) is 10.6 Å². The molecule has 3 aromatic carbocycles. The molecule has 3 aromatic rings. The molecule has 7 nitrogen and oxygen atoms in total. The summed E-state index contributed by atoms with van der Waals surface area (Å²) < 4.78 is 10.9. The number of benzene rings is 3. The van der Waals surface area contributed by atoms with Gasteiger partial charge in [0.25, 0.3) is 11.8 Å². The van der Waals surface area contributed by atoms with Gasteiger partial charge >= 0.3 is 0 Å². The molecule has 34 heavy (non-hydrogen) atoms. The van der Waals surface area contributed by atoms with Gasteiger partial charge in [-0.3, -0.25) is 9.59 Å². The van der Waals surface area contributed by atoms with E-state index in [4.69, 9.17) is 9.47 Å². The van der Waals surface area contributed by atoms with Crippen molar-refractivity contribution in [1.29, 1.82) is 5.26 Å². The van der Waals surface area contributed by atoms with Crippen LogP contribution in [0.25, 0.3) is 6.08 Å². The topological polar surface area (TPSA) is 100 Å². The predicted octanol–water partition coefficient (Wildman–Crippen LogP) is 4.88. The Morgan fingerprint density at radius 2 is 1.59 bits per heavy atom. The first kappa shape index (κ1) is 24.1. The largest absolute Gasteiger partial charge is 0.495 e. The maximum Gasteiger partial charge on any atom is 0.266 e. The first-order chi connectivity index (χ1) is 16.4. The zero-order valence-corrected chi connectivity index (χ0v) is 19.2. The number of hydrogen-bond acceptors (Lipinski definition) is 5. The third kappa shape index (κ3) is 6.02. The van der Waals surface area contributed by atoms with Gasteiger partial charge in [-0.05, 0) is 55.3 Å². The van der Waals surface area contributed by atoms with Gasteiger partial charge < -0.3 is 20.1 Å². The van der Waals surface area contributed by atoms with Crippen molar-refractivity contribution in [1.82, 2.24) is 0 Å². The zero-order valence-electron chi connectivity index (χ0n) is 19.2. The summed E-state index contributed by atoms with van der Waals surface area (Å²) in [6, 6.07) is 21.4. The van der Waals surface area contributed by atoms with E-state index in [1.165, 1.54) is 13.2 Å². The summed E-state index contributed by atoms with van der Waals surface area (Å²) in [5.41, 5.74) is 3.55. The minimum Gasteiger partial charge on any atom is -0.495 e. The van der Waals surface area contributed by atoms with Crippen LogP contribution in [-0.4, -0.2) is 25.5 Å². The Bertz CT molecular complexity index is 1270. The molecule has 0 heterocycles. The maximum atomic E-state index is 12.7. The van der Waals surface area contributed by atoms with Gasteiger partial charge in [-0.25, -0.2) is 0 Å². The van der Waals surface area contributed by atoms with Crippen molar-refractivity contribution in [3.63, 3.8) is 0 Å². The summed E-state index contributed by atoms with van der Waals surface area (Å²) in [7, 11) is 1.52. The smallest absolute Gasteiger partial charge is 0.266 e. The molecule has 2 amide bonds. The number of nitrogens with one attached hydrogen (secondary N) is 2. The van der Waals surface area contributed by atoms with Crippen LogP contribution in [0.2, 0.25) is 0 Å². The van der Waals surface area contributed by atoms with Gasteiger partial charge in [0.1, 0.15) is 23.1 Å². The highest BCUT2D eigenvalue weighted by molar-refractivity contribution is 6.10. The first-order valence-electron chi connectivity index (χ1n) is 10.6. The number of nitriles is 1. The third-order valence-corrected chi connectivity index (χ3v) is 5.18. The summed E-state index contributed by atoms with van der Waals surface area (Å²) in [5, 5.41) is 15.1. The minimum atomic E-state index is -0.528. The fraction of sp³-hybridized carbons (Fsp3) is 0.148. The molecule has 0 aliphatic heterocycles. The van der Waals surface area contributed by atoms with E-state index in [-0.39, 0.29) is 18.1 Å². The maximum absolute atomic E-state index is 12.7. The van der Waals surface area contributed by atoms with Crippen LogP contribution in [0.15, 0.2) is 72.3 Å². The molecule has 0 unspecified atom stereocenters. The number of para-hydroxylation sites is 3. The third-order valence-electron chi connectivity index (χ3n) is 5.18. The summed E-state index contributed by atoms with van der Waals surface area (Å²) in [6.07, 6.45) is 1.44. The van der Waals surface area contributed by atoms with E-state index in [1.807, 2.05) is 32.0 Å². The van der Waals surface area contributed by atoms with Gasteiger partial charge in [0, 0.05) is 11.3 Å². The van der Waals surface area contributed by atoms with Crippen molar-refractivity contribution in [2.24, 2.45) is 0 Å². The van der Waals surface area contributed by atoms with Crippen molar-refractivity contribution in [2.45, 2.75) is 13.8 Å². The van der Waals surface area contributed by atoms with Crippen LogP contribution in [0.3, 0.4) is 0 Å². The predicted molar refractivity (Wildman–Crippen MR) is 132 cm³/mol. The SMILES string of the molecule is COc1ccccc1NC(=O)COc1ccccc1/C=C(/C#N)C(=O)Nc1cccc(C)c1C. The normalized spacial score (nSPS) is 10.7. The lowest BCUT2D eigenvalue weighted by Gasteiger charge is -2.12. The van der Waals surface area contributed by atoms with E-state index in [1.54, 1.807) is 54.6 Å². The van der Waals surface area contributed by atoms with Gasteiger partial charge in [-0.15, -0.1) is 0 Å². The van der Waals surface area contributed by atoms with Crippen LogP contribution in [0, 0.1) is 25.2 Å². The number of amides is 2. The Hall–Kier alpha value is -4.57. The monoisotopic (exact) mass is 455 g/mol. The van der Waals surface area contributed by atoms with Gasteiger partial charge in [0.05, 0.1) is 12.8 Å². The molecule has 7 heteroatoms. The van der Waals surface area contributed by atoms with Gasteiger partial charge in [0.15, 0.2) is 6.61 Å². The fourth-order valence-corrected chi connectivity index (χ4v) is 3.19. The Labute approximate surface area is 198 Å². The standard InChI is InChI=1S/C27H25N3O4/c1-18-9-8-12-22(19(18)2)30-27(32)21(16-28)15-20-10-4-6-13-24(20)34-17-26(31)29-23-11-5-7-14-25(23)33-3/h4-15H,17H2,1-3H3,(H,29,31)(H,30,32)/b21-15-. The Balaban J connectivity index is 1.73. The second-order valence-corrected chi connectivity index (χ2v) is 7.45. The number of nitrogens with zero attached hydrogens (tertiary/aromatic N) is 1. The molecule has 172 valence electrons. The lowest BCUT2D eigenvalue weighted by molar-refractivity contribution is -0.118. The van der Waals surface area contributed by atoms with Crippen LogP contribution < -0.4 is 20.1 Å². The number of anilines is 2. The number of methoxy groups -OCH3 is 1. The highest BCUT2D eigenvalue weighted by atomic mass is 16.5. The molecule has 2 N–H and O–H groups in total. The van der Waals surface area contributed by atoms with Crippen molar-refractivity contribution in [3.05, 3.63) is 89.0 Å². The van der Waals surface area contributed by atoms with Gasteiger partial charge in [-0.2, -0.15) is 5.26 Å². The Kier molecular flexibility index (Phi) is 8.03. The second kappa shape index (κ2) is 11.3. The molecule has 0 saturated heterocycles. The summed E-state index contributed by atoms with van der Waals surface area (Å²) >= 11 is 0. The molecule has 0 aliphatic carbocycles. The van der Waals surface area contributed by atoms with Crippen LogP contribution in [0.5, 0.6) is 11.5 Å². The molecule has 0 bridgehead atoms. The van der Waals surface area contributed by atoms with E-state index < -0.39 is 5.91 Å². The molecule has 0 spiro atoms. The number of aryl methyl sites for hydroxylation is 1. The molecule has 3 rings (SSSR count). The Morgan fingerprint density at radius 3 is 2.32 bits per heavy atom. The van der Waals surface area contributed by atoms with Crippen molar-refractivity contribution in [2.75, 3.05) is 24.4 Å². The average Bonchev–Trinajstić information content (AvgIpc) is 2.85. The lowest BCUT2D eigenvalue weighted by atomic mass is 10.1. The van der Waals surface area contributed by atoms with E-state index in [0.717, 1.165) is 11.1 Å². The number of hydrogen-bond donors (Lipinski definition) is 2. The highest BCUT2D eigenvalue weighted by Gasteiger charge is 2.14. The number of ether oxygens (including phenoxy) is 2. The van der Waals surface area contributed by atoms with E-state index in [9.17, 15) is 14.9 Å². The van der Waals surface area contributed by atoms with E-state index in [0.29, 0.717) is 28.4 Å². The van der Waals surface area contributed by atoms with Crippen molar-refractivity contribution >= 4 is 29.3 Å². The molecular formula is C27H25N3O4. The van der Waals surface area contributed by atoms with Crippen LogP contribution in [0.1, 0.15) is 16.7 Å². The van der Waals surface area contributed by atoms with E-state index >= 15 is 0 Å². The number of carbonyl (C=O) groups excluding carboxylic acids is 2. The highest BCUT2D eigenvalue weighted by Crippen LogP contribution is 2.25. The molecule has 0 fully saturated rings. The van der Waals surface area contributed by atoms with Gasteiger partial charge in [0.2, 0.25) is 0 Å². The van der Waals surface area contributed by atoms with Crippen molar-refractivity contribution < 1.29 is 19.1 Å². The lowest BCUT2D eigenvalue weighted by Crippen LogP contribution is -2.20. The summed E-state index contributed by atoms with van der Waals surface area (Å²) in [5.74, 6) is -0.00552. The van der Waals surface area contributed by atoms with Crippen molar-refractivity contribution in [3.8, 4) is 17.6 Å². The van der Waals surface area contributed by atoms with Crippen LogP contribution in [-0.2, 0) is 9.59 Å². The quantitative estimate of drug-likeness (QED) is 0.373. The minimum absolute atomic E-state index is 0.0876. The molecule has 0 saturated carbocycles. The second-order valence-electron chi connectivity index (χ2n) is 7.45. The zero-order chi connectivity index (χ0) is 24.5. The molecular weight excluding hydrogens is 430 g/mol.